The lowest BCUT2D eigenvalue weighted by Crippen LogP contribution is -2.23. The average molecular weight is 285 g/mol. The van der Waals surface area contributed by atoms with Crippen molar-refractivity contribution >= 4 is 18.1 Å². The average Bonchev–Trinajstić information content (AvgIpc) is 2.20. The largest absolute Gasteiger partial charge is 0.399 e. The highest BCUT2D eigenvalue weighted by molar-refractivity contribution is 5.85. The molecule has 1 aromatic rings. The van der Waals surface area contributed by atoms with E-state index in [1.165, 1.54) is 13.0 Å². The summed E-state index contributed by atoms with van der Waals surface area (Å²) in [6.07, 6.45) is 0. The van der Waals surface area contributed by atoms with Gasteiger partial charge in [0.1, 0.15) is 12.4 Å². The molecule has 0 amide bonds. The lowest BCUT2D eigenvalue weighted by Gasteiger charge is -2.19. The normalized spacial score (nSPS) is 13.0. The van der Waals surface area contributed by atoms with Gasteiger partial charge in [-0.3, -0.25) is 0 Å². The number of nitrogen functional groups attached to an aromatic ring is 1. The topological polar surface area (TPSA) is 61.3 Å². The van der Waals surface area contributed by atoms with E-state index in [0.717, 1.165) is 13.2 Å². The SMILES string of the molecule is COCC(F)(F)c1cc(N)cc([C@@H](C)N)c1F.Cl. The molecule has 4 N–H and O–H groups in total. The minimum atomic E-state index is -3.43. The smallest absolute Gasteiger partial charge is 0.298 e. The van der Waals surface area contributed by atoms with Gasteiger partial charge in [-0.25, -0.2) is 4.39 Å². The molecule has 1 aromatic carbocycles. The van der Waals surface area contributed by atoms with Crippen LogP contribution in [0.15, 0.2) is 12.1 Å². The van der Waals surface area contributed by atoms with E-state index in [2.05, 4.69) is 4.74 Å². The predicted octanol–water partition coefficient (Wildman–Crippen LogP) is 2.59. The van der Waals surface area contributed by atoms with Gasteiger partial charge in [-0.1, -0.05) is 0 Å². The first-order valence-electron chi connectivity index (χ1n) is 5.01. The predicted molar refractivity (Wildman–Crippen MR) is 66.4 cm³/mol. The molecule has 0 saturated carbocycles. The van der Waals surface area contributed by atoms with Gasteiger partial charge in [0.05, 0.1) is 5.56 Å². The highest BCUT2D eigenvalue weighted by Gasteiger charge is 2.36. The van der Waals surface area contributed by atoms with Crippen molar-refractivity contribution in [3.63, 3.8) is 0 Å². The lowest BCUT2D eigenvalue weighted by molar-refractivity contribution is -0.0722. The molecule has 3 nitrogen and oxygen atoms in total. The van der Waals surface area contributed by atoms with Crippen molar-refractivity contribution in [1.82, 2.24) is 0 Å². The number of rotatable bonds is 4. The van der Waals surface area contributed by atoms with Crippen molar-refractivity contribution in [1.29, 1.82) is 0 Å². The molecule has 1 rings (SSSR count). The van der Waals surface area contributed by atoms with E-state index in [-0.39, 0.29) is 23.7 Å². The first kappa shape index (κ1) is 17.0. The van der Waals surface area contributed by atoms with Crippen LogP contribution in [0, 0.1) is 5.82 Å². The molecule has 0 aliphatic rings. The maximum atomic E-state index is 13.9. The third-order valence-corrected chi connectivity index (χ3v) is 2.33. The molecular formula is C11H16ClF3N2O. The quantitative estimate of drug-likeness (QED) is 0.836. The van der Waals surface area contributed by atoms with Crippen molar-refractivity contribution < 1.29 is 17.9 Å². The Kier molecular flexibility index (Phi) is 5.92. The van der Waals surface area contributed by atoms with E-state index < -0.39 is 30.0 Å². The van der Waals surface area contributed by atoms with E-state index in [9.17, 15) is 13.2 Å². The summed E-state index contributed by atoms with van der Waals surface area (Å²) in [5, 5.41) is 0. The first-order chi connectivity index (χ1) is 7.79. The van der Waals surface area contributed by atoms with Gasteiger partial charge in [0.2, 0.25) is 0 Å². The molecule has 0 aliphatic heterocycles. The monoisotopic (exact) mass is 284 g/mol. The van der Waals surface area contributed by atoms with Crippen molar-refractivity contribution in [2.45, 2.75) is 18.9 Å². The van der Waals surface area contributed by atoms with Crippen LogP contribution >= 0.6 is 12.4 Å². The molecule has 7 heteroatoms. The second kappa shape index (κ2) is 6.26. The Morgan fingerprint density at radius 3 is 2.39 bits per heavy atom. The van der Waals surface area contributed by atoms with E-state index in [1.807, 2.05) is 0 Å². The van der Waals surface area contributed by atoms with Gasteiger partial charge < -0.3 is 16.2 Å². The molecule has 0 unspecified atom stereocenters. The summed E-state index contributed by atoms with van der Waals surface area (Å²) >= 11 is 0. The number of benzene rings is 1. The summed E-state index contributed by atoms with van der Waals surface area (Å²) in [6, 6.07) is 1.45. The summed E-state index contributed by atoms with van der Waals surface area (Å²) in [6.45, 7) is 0.585. The number of alkyl halides is 2. The summed E-state index contributed by atoms with van der Waals surface area (Å²) < 4.78 is 45.4. The Hall–Kier alpha value is -0.980. The van der Waals surface area contributed by atoms with Crippen molar-refractivity contribution in [3.05, 3.63) is 29.1 Å². The Bertz CT molecular complexity index is 414. The van der Waals surface area contributed by atoms with E-state index in [1.54, 1.807) is 0 Å². The zero-order valence-electron chi connectivity index (χ0n) is 10.0. The highest BCUT2D eigenvalue weighted by Crippen LogP contribution is 2.34. The molecule has 0 aliphatic carbocycles. The zero-order valence-corrected chi connectivity index (χ0v) is 10.9. The van der Waals surface area contributed by atoms with Crippen LogP contribution in [0.1, 0.15) is 24.1 Å². The maximum Gasteiger partial charge on any atom is 0.298 e. The Labute approximate surface area is 110 Å². The summed E-state index contributed by atoms with van der Waals surface area (Å²) in [5.41, 5.74) is 10.2. The molecule has 0 fully saturated rings. The van der Waals surface area contributed by atoms with Crippen LogP contribution in [-0.2, 0) is 10.7 Å². The standard InChI is InChI=1S/C11H15F3N2O.ClH/c1-6(15)8-3-7(16)4-9(10(8)12)11(13,14)5-17-2;/h3-4,6H,5,15-16H2,1-2H3;1H/t6-;/m1./s1. The van der Waals surface area contributed by atoms with Gasteiger partial charge in [-0.05, 0) is 19.1 Å². The second-order valence-electron chi connectivity index (χ2n) is 3.90. The van der Waals surface area contributed by atoms with Gasteiger partial charge >= 0.3 is 0 Å². The molecule has 0 radical (unpaired) electrons. The van der Waals surface area contributed by atoms with Crippen LogP contribution in [0.4, 0.5) is 18.9 Å². The Balaban J connectivity index is 0.00000289. The summed E-state index contributed by atoms with van der Waals surface area (Å²) in [5.74, 6) is -4.46. The van der Waals surface area contributed by atoms with Crippen LogP contribution in [0.25, 0.3) is 0 Å². The fourth-order valence-electron chi connectivity index (χ4n) is 1.53. The summed E-state index contributed by atoms with van der Waals surface area (Å²) in [4.78, 5) is 0. The van der Waals surface area contributed by atoms with Gasteiger partial charge in [-0.15, -0.1) is 12.4 Å². The minimum Gasteiger partial charge on any atom is -0.399 e. The molecule has 0 aromatic heterocycles. The van der Waals surface area contributed by atoms with E-state index in [4.69, 9.17) is 11.5 Å². The van der Waals surface area contributed by atoms with Crippen LogP contribution in [-0.4, -0.2) is 13.7 Å². The number of ether oxygens (including phenoxy) is 1. The van der Waals surface area contributed by atoms with Gasteiger partial charge in [0.25, 0.3) is 5.92 Å². The van der Waals surface area contributed by atoms with E-state index in [0.29, 0.717) is 0 Å². The molecule has 0 saturated heterocycles. The number of methoxy groups -OCH3 is 1. The number of nitrogens with two attached hydrogens (primary N) is 2. The number of halogens is 4. The van der Waals surface area contributed by atoms with Crippen molar-refractivity contribution in [3.8, 4) is 0 Å². The Morgan fingerprint density at radius 1 is 1.39 bits per heavy atom. The van der Waals surface area contributed by atoms with E-state index >= 15 is 0 Å². The van der Waals surface area contributed by atoms with Gasteiger partial charge in [0, 0.05) is 24.4 Å². The van der Waals surface area contributed by atoms with Gasteiger partial charge in [0.15, 0.2) is 0 Å². The van der Waals surface area contributed by atoms with Crippen molar-refractivity contribution in [2.75, 3.05) is 19.5 Å². The molecule has 18 heavy (non-hydrogen) atoms. The molecule has 1 atom stereocenters. The van der Waals surface area contributed by atoms with Crippen LogP contribution in [0.5, 0.6) is 0 Å². The highest BCUT2D eigenvalue weighted by atomic mass is 35.5. The van der Waals surface area contributed by atoms with Crippen LogP contribution in [0.3, 0.4) is 0 Å². The van der Waals surface area contributed by atoms with Crippen molar-refractivity contribution in [2.24, 2.45) is 5.73 Å². The number of anilines is 1. The molecule has 0 heterocycles. The third kappa shape index (κ3) is 3.51. The van der Waals surface area contributed by atoms with Gasteiger partial charge in [-0.2, -0.15) is 8.78 Å². The first-order valence-corrected chi connectivity index (χ1v) is 5.01. The molecule has 0 bridgehead atoms. The fourth-order valence-corrected chi connectivity index (χ4v) is 1.53. The minimum absolute atomic E-state index is 0. The maximum absolute atomic E-state index is 13.9. The third-order valence-electron chi connectivity index (χ3n) is 2.33. The fraction of sp³-hybridized carbons (Fsp3) is 0.455. The zero-order chi connectivity index (χ0) is 13.2. The molecule has 104 valence electrons. The number of hydrogen-bond acceptors (Lipinski definition) is 3. The van der Waals surface area contributed by atoms with Crippen LogP contribution in [0.2, 0.25) is 0 Å². The Morgan fingerprint density at radius 2 is 1.94 bits per heavy atom. The summed E-state index contributed by atoms with van der Waals surface area (Å²) in [7, 11) is 1.12. The number of hydrogen-bond donors (Lipinski definition) is 2. The molecule has 0 spiro atoms. The van der Waals surface area contributed by atoms with Crippen LogP contribution < -0.4 is 11.5 Å². The molecular weight excluding hydrogens is 269 g/mol. The lowest BCUT2D eigenvalue weighted by atomic mass is 9.99. The second-order valence-corrected chi connectivity index (χ2v) is 3.90.